The monoisotopic (exact) mass is 293 g/mol. The third-order valence-corrected chi connectivity index (χ3v) is 3.26. The zero-order valence-corrected chi connectivity index (χ0v) is 12.7. The predicted molar refractivity (Wildman–Crippen MR) is 81.6 cm³/mol. The normalized spacial score (nSPS) is 23.6. The lowest BCUT2D eigenvalue weighted by molar-refractivity contribution is -0.0481. The summed E-state index contributed by atoms with van der Waals surface area (Å²) in [4.78, 5) is 10.3. The first kappa shape index (κ1) is 14.8. The van der Waals surface area contributed by atoms with Crippen LogP contribution in [0.1, 0.15) is 26.6 Å². The van der Waals surface area contributed by atoms with Gasteiger partial charge >= 0.3 is 0 Å². The minimum Gasteiger partial charge on any atom is -0.372 e. The van der Waals surface area contributed by atoms with Crippen molar-refractivity contribution in [2.45, 2.75) is 33.0 Å². The summed E-state index contributed by atoms with van der Waals surface area (Å²) in [6.07, 6.45) is 3.71. The van der Waals surface area contributed by atoms with E-state index in [1.807, 2.05) is 20.8 Å². The molecule has 0 spiro atoms. The number of rotatable bonds is 2. The van der Waals surface area contributed by atoms with Crippen molar-refractivity contribution in [1.29, 1.82) is 0 Å². The number of hydrogen-bond acceptors (Lipinski definition) is 5. The molecule has 108 valence electrons. The quantitative estimate of drug-likeness (QED) is 0.502. The van der Waals surface area contributed by atoms with Crippen LogP contribution in [0, 0.1) is 0 Å². The van der Waals surface area contributed by atoms with E-state index in [0.29, 0.717) is 16.6 Å². The van der Waals surface area contributed by atoms with Gasteiger partial charge in [0.05, 0.1) is 12.2 Å². The Balaban J connectivity index is 1.94. The molecular weight excluding hydrogens is 274 g/mol. The van der Waals surface area contributed by atoms with E-state index in [1.54, 1.807) is 18.5 Å². The second kappa shape index (κ2) is 6.71. The molecule has 0 bridgehead atoms. The molecule has 0 unspecified atom stereocenters. The molecule has 0 radical (unpaired) electrons. The van der Waals surface area contributed by atoms with E-state index in [4.69, 9.17) is 17.0 Å². The summed E-state index contributed by atoms with van der Waals surface area (Å²) in [6, 6.07) is 1.77. The highest BCUT2D eigenvalue weighted by molar-refractivity contribution is 7.80. The molecule has 1 N–H and O–H groups in total. The SMILES string of the molecule is C/C(=N/NC(=S)N1C[C@H](C)O[C@@H](C)C1)c1ncccn1. The summed E-state index contributed by atoms with van der Waals surface area (Å²) in [6.45, 7) is 7.46. The van der Waals surface area contributed by atoms with Gasteiger partial charge in [-0.25, -0.2) is 9.97 Å². The van der Waals surface area contributed by atoms with E-state index < -0.39 is 0 Å². The number of hydrazone groups is 1. The maximum absolute atomic E-state index is 5.68. The maximum atomic E-state index is 5.68. The van der Waals surface area contributed by atoms with Crippen LogP contribution in [-0.2, 0) is 4.74 Å². The Morgan fingerprint density at radius 2 is 1.95 bits per heavy atom. The average Bonchev–Trinajstić information content (AvgIpc) is 2.44. The van der Waals surface area contributed by atoms with Crippen molar-refractivity contribution in [1.82, 2.24) is 20.3 Å². The van der Waals surface area contributed by atoms with Crippen molar-refractivity contribution in [3.63, 3.8) is 0 Å². The van der Waals surface area contributed by atoms with Crippen LogP contribution in [-0.4, -0.2) is 51.0 Å². The Bertz CT molecular complexity index is 483. The maximum Gasteiger partial charge on any atom is 0.189 e. The van der Waals surface area contributed by atoms with Crippen molar-refractivity contribution in [3.8, 4) is 0 Å². The molecule has 2 atom stereocenters. The fraction of sp³-hybridized carbons (Fsp3) is 0.538. The van der Waals surface area contributed by atoms with E-state index in [2.05, 4.69) is 25.4 Å². The van der Waals surface area contributed by atoms with Gasteiger partial charge in [-0.3, -0.25) is 5.43 Å². The number of hydrogen-bond donors (Lipinski definition) is 1. The minimum atomic E-state index is 0.168. The first-order valence-electron chi connectivity index (χ1n) is 6.58. The van der Waals surface area contributed by atoms with Crippen LogP contribution in [0.2, 0.25) is 0 Å². The van der Waals surface area contributed by atoms with Crippen LogP contribution < -0.4 is 5.43 Å². The van der Waals surface area contributed by atoms with Crippen LogP contribution in [0.15, 0.2) is 23.6 Å². The van der Waals surface area contributed by atoms with Gasteiger partial charge in [0.1, 0.15) is 5.71 Å². The third-order valence-electron chi connectivity index (χ3n) is 2.92. The lowest BCUT2D eigenvalue weighted by Crippen LogP contribution is -2.50. The fourth-order valence-corrected chi connectivity index (χ4v) is 2.28. The topological polar surface area (TPSA) is 62.6 Å². The Labute approximate surface area is 124 Å². The molecule has 6 nitrogen and oxygen atoms in total. The van der Waals surface area contributed by atoms with Crippen molar-refractivity contribution < 1.29 is 4.74 Å². The molecule has 1 aliphatic rings. The number of thiocarbonyl (C=S) groups is 1. The summed E-state index contributed by atoms with van der Waals surface area (Å²) in [5, 5.41) is 4.84. The lowest BCUT2D eigenvalue weighted by atomic mass is 10.2. The smallest absolute Gasteiger partial charge is 0.189 e. The van der Waals surface area contributed by atoms with Crippen molar-refractivity contribution in [3.05, 3.63) is 24.3 Å². The average molecular weight is 293 g/mol. The van der Waals surface area contributed by atoms with Gasteiger partial charge in [0.2, 0.25) is 0 Å². The second-order valence-electron chi connectivity index (χ2n) is 4.85. The van der Waals surface area contributed by atoms with E-state index in [9.17, 15) is 0 Å². The minimum absolute atomic E-state index is 0.168. The van der Waals surface area contributed by atoms with Crippen LogP contribution in [0.5, 0.6) is 0 Å². The van der Waals surface area contributed by atoms with Gasteiger partial charge in [0, 0.05) is 25.5 Å². The van der Waals surface area contributed by atoms with Gasteiger partial charge in [-0.1, -0.05) is 0 Å². The second-order valence-corrected chi connectivity index (χ2v) is 5.24. The van der Waals surface area contributed by atoms with E-state index >= 15 is 0 Å². The standard InChI is InChI=1S/C13H19N5OS/c1-9-7-18(8-10(2)19-9)13(20)17-16-11(3)12-14-5-4-6-15-12/h4-6,9-10H,7-8H2,1-3H3,(H,17,20)/b16-11-/t9-,10-/m0/s1. The molecule has 0 aromatic carbocycles. The molecule has 0 aliphatic carbocycles. The number of aromatic nitrogens is 2. The zero-order chi connectivity index (χ0) is 14.5. The van der Waals surface area contributed by atoms with Gasteiger partial charge in [-0.15, -0.1) is 0 Å². The van der Waals surface area contributed by atoms with E-state index in [-0.39, 0.29) is 12.2 Å². The summed E-state index contributed by atoms with van der Waals surface area (Å²) in [7, 11) is 0. The predicted octanol–water partition coefficient (Wildman–Crippen LogP) is 1.18. The molecule has 1 fully saturated rings. The molecule has 7 heteroatoms. The van der Waals surface area contributed by atoms with Crippen molar-refractivity contribution in [2.75, 3.05) is 13.1 Å². The van der Waals surface area contributed by atoms with Gasteiger partial charge < -0.3 is 9.64 Å². The molecule has 1 aliphatic heterocycles. The highest BCUT2D eigenvalue weighted by Crippen LogP contribution is 2.10. The molecule has 1 saturated heterocycles. The molecule has 0 amide bonds. The zero-order valence-electron chi connectivity index (χ0n) is 11.9. The van der Waals surface area contributed by atoms with E-state index in [1.165, 1.54) is 0 Å². The van der Waals surface area contributed by atoms with Crippen LogP contribution in [0.3, 0.4) is 0 Å². The summed E-state index contributed by atoms with van der Waals surface area (Å²) < 4.78 is 5.68. The highest BCUT2D eigenvalue weighted by Gasteiger charge is 2.23. The summed E-state index contributed by atoms with van der Waals surface area (Å²) in [5.74, 6) is 0.589. The molecule has 1 aromatic heterocycles. The summed E-state index contributed by atoms with van der Waals surface area (Å²) >= 11 is 5.36. The molecule has 20 heavy (non-hydrogen) atoms. The Morgan fingerprint density at radius 1 is 1.35 bits per heavy atom. The number of morpholine rings is 1. The molecule has 1 aromatic rings. The molecular formula is C13H19N5OS. The van der Waals surface area contributed by atoms with Crippen LogP contribution in [0.4, 0.5) is 0 Å². The molecule has 2 heterocycles. The number of nitrogens with one attached hydrogen (secondary N) is 1. The molecule has 0 saturated carbocycles. The Morgan fingerprint density at radius 3 is 2.55 bits per heavy atom. The van der Waals surface area contributed by atoms with Crippen molar-refractivity contribution >= 4 is 23.0 Å². The van der Waals surface area contributed by atoms with Gasteiger partial charge in [0.15, 0.2) is 10.9 Å². The fourth-order valence-electron chi connectivity index (χ4n) is 2.08. The van der Waals surface area contributed by atoms with Crippen LogP contribution >= 0.6 is 12.2 Å². The molecule has 2 rings (SSSR count). The van der Waals surface area contributed by atoms with Gasteiger partial charge in [-0.2, -0.15) is 5.10 Å². The highest BCUT2D eigenvalue weighted by atomic mass is 32.1. The Hall–Kier alpha value is -1.60. The first-order chi connectivity index (χ1) is 9.56. The largest absolute Gasteiger partial charge is 0.372 e. The van der Waals surface area contributed by atoms with Crippen molar-refractivity contribution in [2.24, 2.45) is 5.10 Å². The lowest BCUT2D eigenvalue weighted by Gasteiger charge is -2.36. The Kier molecular flexibility index (Phi) is 4.97. The van der Waals surface area contributed by atoms with Crippen LogP contribution in [0.25, 0.3) is 0 Å². The number of ether oxygens (including phenoxy) is 1. The van der Waals surface area contributed by atoms with Gasteiger partial charge in [0.25, 0.3) is 0 Å². The van der Waals surface area contributed by atoms with Gasteiger partial charge in [-0.05, 0) is 39.1 Å². The third kappa shape index (κ3) is 3.94. The number of nitrogens with zero attached hydrogens (tertiary/aromatic N) is 4. The summed E-state index contributed by atoms with van der Waals surface area (Å²) in [5.41, 5.74) is 3.60. The van der Waals surface area contributed by atoms with E-state index in [0.717, 1.165) is 13.1 Å². The first-order valence-corrected chi connectivity index (χ1v) is 6.99.